The van der Waals surface area contributed by atoms with Crippen LogP contribution < -0.4 is 10.6 Å². The lowest BCUT2D eigenvalue weighted by Crippen LogP contribution is -2.52. The van der Waals surface area contributed by atoms with Gasteiger partial charge in [0.25, 0.3) is 0 Å². The Kier molecular flexibility index (Phi) is 8.77. The minimum atomic E-state index is -0.211. The van der Waals surface area contributed by atoms with E-state index in [2.05, 4.69) is 45.0 Å². The molecule has 168 valence electrons. The number of likely N-dealkylation sites (tertiary alicyclic amines) is 1. The number of carbonyl (C=O) groups is 1. The normalized spacial score (nSPS) is 22.6. The highest BCUT2D eigenvalue weighted by Crippen LogP contribution is 2.26. The molecule has 2 unspecified atom stereocenters. The van der Waals surface area contributed by atoms with Gasteiger partial charge in [-0.25, -0.2) is 4.79 Å². The van der Waals surface area contributed by atoms with Crippen molar-refractivity contribution in [3.05, 3.63) is 22.4 Å². The maximum absolute atomic E-state index is 11.9. The molecule has 0 spiro atoms. The van der Waals surface area contributed by atoms with Crippen molar-refractivity contribution in [2.24, 2.45) is 4.99 Å². The van der Waals surface area contributed by atoms with Gasteiger partial charge in [-0.2, -0.15) is 0 Å². The summed E-state index contributed by atoms with van der Waals surface area (Å²) < 4.78 is 10.8. The summed E-state index contributed by atoms with van der Waals surface area (Å²) in [6.45, 7) is 9.23. The van der Waals surface area contributed by atoms with E-state index in [1.54, 1.807) is 23.3 Å². The first-order chi connectivity index (χ1) is 14.6. The number of hydrogen-bond donors (Lipinski definition) is 2. The predicted octanol–water partition coefficient (Wildman–Crippen LogP) is 2.30. The fraction of sp³-hybridized carbons (Fsp3) is 0.714. The van der Waals surface area contributed by atoms with Gasteiger partial charge in [0.15, 0.2) is 5.96 Å². The fourth-order valence-corrected chi connectivity index (χ4v) is 4.88. The average molecular weight is 438 g/mol. The maximum Gasteiger partial charge on any atom is 0.409 e. The van der Waals surface area contributed by atoms with Crippen LogP contribution in [0.15, 0.2) is 22.5 Å². The van der Waals surface area contributed by atoms with Crippen molar-refractivity contribution in [2.75, 3.05) is 53.0 Å². The van der Waals surface area contributed by atoms with E-state index in [0.29, 0.717) is 31.8 Å². The summed E-state index contributed by atoms with van der Waals surface area (Å²) in [4.78, 5) is 21.9. The van der Waals surface area contributed by atoms with Crippen LogP contribution in [0.1, 0.15) is 37.6 Å². The molecule has 1 aromatic heterocycles. The van der Waals surface area contributed by atoms with Crippen molar-refractivity contribution in [3.63, 3.8) is 0 Å². The SMILES string of the molecule is CCOC(=O)N1CCC(NC(=NC)NCC(c2cccs2)N2CCOC(C)C2)CC1. The van der Waals surface area contributed by atoms with Crippen LogP contribution in [0.3, 0.4) is 0 Å². The molecule has 1 amide bonds. The summed E-state index contributed by atoms with van der Waals surface area (Å²) >= 11 is 1.80. The number of guanidine groups is 1. The third kappa shape index (κ3) is 6.33. The Morgan fingerprint density at radius 3 is 2.83 bits per heavy atom. The molecular formula is C21H35N5O3S. The Morgan fingerprint density at radius 2 is 2.20 bits per heavy atom. The quantitative estimate of drug-likeness (QED) is 0.525. The van der Waals surface area contributed by atoms with Crippen LogP contribution in [0.2, 0.25) is 0 Å². The largest absolute Gasteiger partial charge is 0.450 e. The van der Waals surface area contributed by atoms with E-state index in [4.69, 9.17) is 9.47 Å². The molecule has 3 heterocycles. The Balaban J connectivity index is 1.51. The van der Waals surface area contributed by atoms with Crippen LogP contribution in [0.4, 0.5) is 4.79 Å². The van der Waals surface area contributed by atoms with E-state index >= 15 is 0 Å². The van der Waals surface area contributed by atoms with Crippen molar-refractivity contribution in [1.29, 1.82) is 0 Å². The van der Waals surface area contributed by atoms with E-state index in [9.17, 15) is 4.79 Å². The number of morpholine rings is 1. The highest BCUT2D eigenvalue weighted by molar-refractivity contribution is 7.10. The monoisotopic (exact) mass is 437 g/mol. The molecule has 2 aliphatic heterocycles. The molecule has 8 nitrogen and oxygen atoms in total. The second kappa shape index (κ2) is 11.5. The number of thiophene rings is 1. The lowest BCUT2D eigenvalue weighted by Gasteiger charge is -2.37. The van der Waals surface area contributed by atoms with Gasteiger partial charge in [0.2, 0.25) is 0 Å². The number of nitrogens with zero attached hydrogens (tertiary/aromatic N) is 3. The van der Waals surface area contributed by atoms with Gasteiger partial charge in [0.05, 0.1) is 25.4 Å². The van der Waals surface area contributed by atoms with Crippen LogP contribution in [0, 0.1) is 0 Å². The van der Waals surface area contributed by atoms with Crippen molar-refractivity contribution in [2.45, 2.75) is 44.9 Å². The fourth-order valence-electron chi connectivity index (χ4n) is 4.02. The van der Waals surface area contributed by atoms with Gasteiger partial charge in [0, 0.05) is 50.7 Å². The zero-order valence-corrected chi connectivity index (χ0v) is 19.1. The minimum absolute atomic E-state index is 0.211. The van der Waals surface area contributed by atoms with Crippen LogP contribution >= 0.6 is 11.3 Å². The molecule has 0 saturated carbocycles. The third-order valence-electron chi connectivity index (χ3n) is 5.63. The smallest absolute Gasteiger partial charge is 0.409 e. The molecule has 0 aromatic carbocycles. The third-order valence-corrected chi connectivity index (χ3v) is 6.61. The average Bonchev–Trinajstić information content (AvgIpc) is 3.28. The molecular weight excluding hydrogens is 402 g/mol. The van der Waals surface area contributed by atoms with Gasteiger partial charge in [-0.3, -0.25) is 9.89 Å². The van der Waals surface area contributed by atoms with E-state index < -0.39 is 0 Å². The summed E-state index contributed by atoms with van der Waals surface area (Å²) in [5.74, 6) is 0.812. The summed E-state index contributed by atoms with van der Waals surface area (Å²) in [7, 11) is 1.81. The maximum atomic E-state index is 11.9. The molecule has 2 aliphatic rings. The Bertz CT molecular complexity index is 676. The van der Waals surface area contributed by atoms with E-state index in [0.717, 1.165) is 45.0 Å². The number of aliphatic imine (C=N–C) groups is 1. The number of carbonyl (C=O) groups excluding carboxylic acids is 1. The van der Waals surface area contributed by atoms with Crippen molar-refractivity contribution in [3.8, 4) is 0 Å². The molecule has 2 fully saturated rings. The molecule has 0 bridgehead atoms. The first kappa shape index (κ1) is 22.8. The van der Waals surface area contributed by atoms with Crippen LogP contribution in [-0.4, -0.2) is 87.0 Å². The summed E-state index contributed by atoms with van der Waals surface area (Å²) in [5.41, 5.74) is 0. The zero-order chi connectivity index (χ0) is 21.3. The predicted molar refractivity (Wildman–Crippen MR) is 120 cm³/mol. The Labute approximate surface area is 183 Å². The molecule has 0 aliphatic carbocycles. The highest BCUT2D eigenvalue weighted by atomic mass is 32.1. The molecule has 30 heavy (non-hydrogen) atoms. The molecule has 2 atom stereocenters. The summed E-state index contributed by atoms with van der Waals surface area (Å²) in [6, 6.07) is 4.91. The lowest BCUT2D eigenvalue weighted by molar-refractivity contribution is -0.0334. The number of piperidine rings is 1. The summed E-state index contributed by atoms with van der Waals surface area (Å²) in [6.07, 6.45) is 1.81. The number of rotatable bonds is 6. The van der Waals surface area contributed by atoms with Gasteiger partial charge in [-0.1, -0.05) is 6.07 Å². The molecule has 2 N–H and O–H groups in total. The first-order valence-corrected chi connectivity index (χ1v) is 11.8. The highest BCUT2D eigenvalue weighted by Gasteiger charge is 2.27. The van der Waals surface area contributed by atoms with Crippen LogP contribution in [0.25, 0.3) is 0 Å². The number of ether oxygens (including phenoxy) is 2. The second-order valence-corrected chi connectivity index (χ2v) is 8.74. The van der Waals surface area contributed by atoms with Gasteiger partial charge in [0.1, 0.15) is 0 Å². The van der Waals surface area contributed by atoms with E-state index in [-0.39, 0.29) is 12.2 Å². The standard InChI is InChI=1S/C21H35N5O3S/c1-4-28-21(27)25-9-7-17(8-10-25)24-20(22-3)23-14-18(19-6-5-13-30-19)26-11-12-29-16(2)15-26/h5-6,13,16-18H,4,7-12,14-15H2,1-3H3,(H2,22,23,24). The zero-order valence-electron chi connectivity index (χ0n) is 18.3. The number of hydrogen-bond acceptors (Lipinski definition) is 6. The van der Waals surface area contributed by atoms with E-state index in [1.807, 2.05) is 6.92 Å². The van der Waals surface area contributed by atoms with Gasteiger partial charge in [-0.05, 0) is 38.1 Å². The molecule has 0 radical (unpaired) electrons. The van der Waals surface area contributed by atoms with Gasteiger partial charge in [-0.15, -0.1) is 11.3 Å². The van der Waals surface area contributed by atoms with Crippen LogP contribution in [-0.2, 0) is 9.47 Å². The van der Waals surface area contributed by atoms with Crippen molar-refractivity contribution < 1.29 is 14.3 Å². The Morgan fingerprint density at radius 1 is 1.40 bits per heavy atom. The van der Waals surface area contributed by atoms with Crippen LogP contribution in [0.5, 0.6) is 0 Å². The first-order valence-electron chi connectivity index (χ1n) is 10.9. The Hall–Kier alpha value is -1.84. The topological polar surface area (TPSA) is 78.4 Å². The second-order valence-electron chi connectivity index (χ2n) is 7.77. The molecule has 3 rings (SSSR count). The van der Waals surface area contributed by atoms with Crippen molar-refractivity contribution >= 4 is 23.4 Å². The number of amides is 1. The lowest BCUT2D eigenvalue weighted by atomic mass is 10.1. The van der Waals surface area contributed by atoms with E-state index in [1.165, 1.54) is 4.88 Å². The van der Waals surface area contributed by atoms with Gasteiger partial charge >= 0.3 is 6.09 Å². The molecule has 2 saturated heterocycles. The van der Waals surface area contributed by atoms with Gasteiger partial charge < -0.3 is 25.0 Å². The van der Waals surface area contributed by atoms with Crippen molar-refractivity contribution in [1.82, 2.24) is 20.4 Å². The minimum Gasteiger partial charge on any atom is -0.450 e. The summed E-state index contributed by atoms with van der Waals surface area (Å²) in [5, 5.41) is 9.19. The number of nitrogens with one attached hydrogen (secondary N) is 2. The molecule has 9 heteroatoms. The molecule has 1 aromatic rings.